The van der Waals surface area contributed by atoms with Crippen molar-refractivity contribution < 1.29 is 9.18 Å². The van der Waals surface area contributed by atoms with E-state index < -0.39 is 0 Å². The molecule has 4 rings (SSSR count). The molecular weight excluding hydrogens is 439 g/mol. The lowest BCUT2D eigenvalue weighted by molar-refractivity contribution is -0.128. The Morgan fingerprint density at radius 3 is 2.45 bits per heavy atom. The first-order chi connectivity index (χ1) is 15.9. The average molecular weight is 469 g/mol. The molecule has 1 fully saturated rings. The highest BCUT2D eigenvalue weighted by molar-refractivity contribution is 7.99. The maximum atomic E-state index is 13.2. The number of rotatable bonds is 7. The first-order valence-electron chi connectivity index (χ1n) is 11.3. The van der Waals surface area contributed by atoms with E-state index >= 15 is 0 Å². The van der Waals surface area contributed by atoms with Gasteiger partial charge in [-0.25, -0.2) is 9.37 Å². The molecule has 1 aliphatic rings. The molecule has 8 heteroatoms. The molecule has 1 aliphatic heterocycles. The fourth-order valence-corrected chi connectivity index (χ4v) is 4.85. The van der Waals surface area contributed by atoms with Gasteiger partial charge < -0.3 is 9.80 Å². The Hall–Kier alpha value is -2.87. The molecule has 1 saturated heterocycles. The van der Waals surface area contributed by atoms with Crippen molar-refractivity contribution in [2.75, 3.05) is 36.8 Å². The minimum Gasteiger partial charge on any atom is -0.368 e. The number of para-hydroxylation sites is 1. The summed E-state index contributed by atoms with van der Waals surface area (Å²) < 4.78 is 14.9. The van der Waals surface area contributed by atoms with Gasteiger partial charge in [0.25, 0.3) is 5.56 Å². The van der Waals surface area contributed by atoms with Gasteiger partial charge in [-0.2, -0.15) is 0 Å². The molecule has 0 unspecified atom stereocenters. The third-order valence-electron chi connectivity index (χ3n) is 5.91. The quantitative estimate of drug-likeness (QED) is 0.387. The smallest absolute Gasteiger partial charge is 0.262 e. The second-order valence-electron chi connectivity index (χ2n) is 8.68. The highest BCUT2D eigenvalue weighted by Crippen LogP contribution is 2.21. The van der Waals surface area contributed by atoms with Gasteiger partial charge in [0.15, 0.2) is 5.16 Å². The number of nitrogens with zero attached hydrogens (tertiary/aromatic N) is 4. The Kier molecular flexibility index (Phi) is 7.33. The third kappa shape index (κ3) is 5.55. The zero-order valence-electron chi connectivity index (χ0n) is 19.0. The number of fused-ring (bicyclic) bond motifs is 1. The SMILES string of the molecule is CC(C)CCn1c(SCC(=O)N2CCN(c3ccc(F)cc3)CC2)nc2ccccc2c1=O. The number of halogens is 1. The van der Waals surface area contributed by atoms with Gasteiger partial charge in [-0.1, -0.05) is 37.7 Å². The van der Waals surface area contributed by atoms with Gasteiger partial charge in [0.1, 0.15) is 5.82 Å². The monoisotopic (exact) mass is 468 g/mol. The van der Waals surface area contributed by atoms with Crippen molar-refractivity contribution in [3.05, 3.63) is 64.7 Å². The standard InChI is InChI=1S/C25H29FN4O2S/c1-18(2)11-12-30-24(32)21-5-3-4-6-22(21)27-25(30)33-17-23(31)29-15-13-28(14-16-29)20-9-7-19(26)8-10-20/h3-10,18H,11-17H2,1-2H3. The number of aromatic nitrogens is 2. The number of thioether (sulfide) groups is 1. The molecule has 0 bridgehead atoms. The van der Waals surface area contributed by atoms with Crippen molar-refractivity contribution in [3.8, 4) is 0 Å². The van der Waals surface area contributed by atoms with Gasteiger partial charge in [0, 0.05) is 38.4 Å². The number of hydrogen-bond acceptors (Lipinski definition) is 5. The van der Waals surface area contributed by atoms with Crippen LogP contribution in [0.25, 0.3) is 10.9 Å². The van der Waals surface area contributed by atoms with E-state index in [2.05, 4.69) is 18.7 Å². The zero-order chi connectivity index (χ0) is 23.4. The second-order valence-corrected chi connectivity index (χ2v) is 9.63. The Bertz CT molecular complexity index is 1170. The van der Waals surface area contributed by atoms with Crippen LogP contribution in [0.1, 0.15) is 20.3 Å². The van der Waals surface area contributed by atoms with Crippen molar-refractivity contribution >= 4 is 34.3 Å². The lowest BCUT2D eigenvalue weighted by Gasteiger charge is -2.36. The number of amides is 1. The van der Waals surface area contributed by atoms with Crippen molar-refractivity contribution in [1.29, 1.82) is 0 Å². The molecule has 174 valence electrons. The maximum Gasteiger partial charge on any atom is 0.262 e. The normalized spacial score (nSPS) is 14.3. The van der Waals surface area contributed by atoms with Crippen molar-refractivity contribution in [2.45, 2.75) is 32.0 Å². The first-order valence-corrected chi connectivity index (χ1v) is 12.3. The zero-order valence-corrected chi connectivity index (χ0v) is 19.9. The summed E-state index contributed by atoms with van der Waals surface area (Å²) in [6.07, 6.45) is 0.868. The van der Waals surface area contributed by atoms with Gasteiger partial charge in [-0.05, 0) is 48.7 Å². The molecule has 0 radical (unpaired) electrons. The summed E-state index contributed by atoms with van der Waals surface area (Å²) in [5, 5.41) is 1.20. The van der Waals surface area contributed by atoms with Crippen molar-refractivity contribution in [1.82, 2.24) is 14.5 Å². The van der Waals surface area contributed by atoms with Crippen LogP contribution in [0.2, 0.25) is 0 Å². The van der Waals surface area contributed by atoms with Gasteiger partial charge >= 0.3 is 0 Å². The highest BCUT2D eigenvalue weighted by atomic mass is 32.2. The van der Waals surface area contributed by atoms with Gasteiger partial charge in [-0.15, -0.1) is 0 Å². The Morgan fingerprint density at radius 1 is 1.06 bits per heavy atom. The molecule has 0 spiro atoms. The van der Waals surface area contributed by atoms with E-state index in [-0.39, 0.29) is 23.0 Å². The van der Waals surface area contributed by atoms with Crippen LogP contribution >= 0.6 is 11.8 Å². The molecule has 2 aromatic carbocycles. The number of hydrogen-bond donors (Lipinski definition) is 0. The van der Waals surface area contributed by atoms with E-state index in [1.54, 1.807) is 22.8 Å². The lowest BCUT2D eigenvalue weighted by Crippen LogP contribution is -2.49. The molecule has 0 atom stereocenters. The molecule has 1 aromatic heterocycles. The van der Waals surface area contributed by atoms with Crippen LogP contribution in [-0.2, 0) is 11.3 Å². The van der Waals surface area contributed by atoms with Crippen LogP contribution < -0.4 is 10.5 Å². The molecule has 3 aromatic rings. The fourth-order valence-electron chi connectivity index (χ4n) is 3.93. The Morgan fingerprint density at radius 2 is 1.76 bits per heavy atom. The van der Waals surface area contributed by atoms with Crippen molar-refractivity contribution in [2.24, 2.45) is 5.92 Å². The lowest BCUT2D eigenvalue weighted by atomic mass is 10.1. The van der Waals surface area contributed by atoms with E-state index in [0.717, 1.165) is 12.1 Å². The van der Waals surface area contributed by atoms with Gasteiger partial charge in [0.2, 0.25) is 5.91 Å². The van der Waals surface area contributed by atoms with E-state index in [1.807, 2.05) is 23.1 Å². The number of piperazine rings is 1. The molecule has 33 heavy (non-hydrogen) atoms. The molecule has 1 amide bonds. The summed E-state index contributed by atoms with van der Waals surface area (Å²) in [7, 11) is 0. The molecule has 0 N–H and O–H groups in total. The van der Waals surface area contributed by atoms with Crippen LogP contribution in [0.3, 0.4) is 0 Å². The summed E-state index contributed by atoms with van der Waals surface area (Å²) in [6.45, 7) is 7.47. The number of carbonyl (C=O) groups excluding carboxylic acids is 1. The van der Waals surface area contributed by atoms with Gasteiger partial charge in [0.05, 0.1) is 16.7 Å². The van der Waals surface area contributed by atoms with E-state index in [1.165, 1.54) is 23.9 Å². The summed E-state index contributed by atoms with van der Waals surface area (Å²) in [4.78, 5) is 34.7. The minimum atomic E-state index is -0.251. The number of carbonyl (C=O) groups is 1. The van der Waals surface area contributed by atoms with Crippen LogP contribution in [-0.4, -0.2) is 52.3 Å². The molecule has 6 nitrogen and oxygen atoms in total. The van der Waals surface area contributed by atoms with E-state index in [4.69, 9.17) is 4.98 Å². The molecule has 0 saturated carbocycles. The Balaban J connectivity index is 1.42. The summed E-state index contributed by atoms with van der Waals surface area (Å²) in [5.74, 6) is 0.485. The molecule has 0 aliphatic carbocycles. The summed E-state index contributed by atoms with van der Waals surface area (Å²) in [5.41, 5.74) is 1.57. The molecular formula is C25H29FN4O2S. The van der Waals surface area contributed by atoms with Crippen LogP contribution in [0.4, 0.5) is 10.1 Å². The predicted octanol–water partition coefficient (Wildman–Crippen LogP) is 4.02. The van der Waals surface area contributed by atoms with Crippen LogP contribution in [0, 0.1) is 11.7 Å². The molecule has 2 heterocycles. The number of anilines is 1. The van der Waals surface area contributed by atoms with Crippen LogP contribution in [0.5, 0.6) is 0 Å². The Labute approximate surface area is 197 Å². The topological polar surface area (TPSA) is 58.4 Å². The highest BCUT2D eigenvalue weighted by Gasteiger charge is 2.22. The fraction of sp³-hybridized carbons (Fsp3) is 0.400. The third-order valence-corrected chi connectivity index (χ3v) is 6.87. The first kappa shape index (κ1) is 23.3. The predicted molar refractivity (Wildman–Crippen MR) is 131 cm³/mol. The van der Waals surface area contributed by atoms with Crippen molar-refractivity contribution in [3.63, 3.8) is 0 Å². The second kappa shape index (κ2) is 10.4. The maximum absolute atomic E-state index is 13.2. The minimum absolute atomic E-state index is 0.0385. The van der Waals surface area contributed by atoms with E-state index in [9.17, 15) is 14.0 Å². The summed E-state index contributed by atoms with van der Waals surface area (Å²) >= 11 is 1.33. The average Bonchev–Trinajstić information content (AvgIpc) is 2.82. The number of benzene rings is 2. The van der Waals surface area contributed by atoms with Crippen LogP contribution in [0.15, 0.2) is 58.5 Å². The van der Waals surface area contributed by atoms with E-state index in [0.29, 0.717) is 54.7 Å². The largest absolute Gasteiger partial charge is 0.368 e. The summed E-state index contributed by atoms with van der Waals surface area (Å²) in [6, 6.07) is 13.8. The van der Waals surface area contributed by atoms with Gasteiger partial charge in [-0.3, -0.25) is 14.2 Å².